The Kier molecular flexibility index (Phi) is 6.52. The maximum absolute atomic E-state index is 5.17. The van der Waals surface area contributed by atoms with Crippen LogP contribution in [0, 0.1) is 13.8 Å². The highest BCUT2D eigenvalue weighted by Crippen LogP contribution is 2.13. The van der Waals surface area contributed by atoms with Crippen LogP contribution in [0.5, 0.6) is 0 Å². The Bertz CT molecular complexity index is 460. The SMILES string of the molecule is CCCNC(=S)NNC(=S)Nc1ccc(C)c(C)c1. The number of hydrazine groups is 1. The molecule has 0 aliphatic carbocycles. The van der Waals surface area contributed by atoms with Crippen molar-refractivity contribution in [2.24, 2.45) is 0 Å². The number of hydrogen-bond acceptors (Lipinski definition) is 2. The summed E-state index contributed by atoms with van der Waals surface area (Å²) in [4.78, 5) is 0. The molecule has 4 nitrogen and oxygen atoms in total. The Labute approximate surface area is 125 Å². The zero-order valence-electron chi connectivity index (χ0n) is 11.5. The third-order valence-electron chi connectivity index (χ3n) is 2.59. The van der Waals surface area contributed by atoms with E-state index < -0.39 is 0 Å². The Morgan fingerprint density at radius 1 is 1.05 bits per heavy atom. The van der Waals surface area contributed by atoms with E-state index in [2.05, 4.69) is 54.4 Å². The molecule has 0 unspecified atom stereocenters. The van der Waals surface area contributed by atoms with Crippen LogP contribution in [0.15, 0.2) is 18.2 Å². The van der Waals surface area contributed by atoms with Gasteiger partial charge in [-0.2, -0.15) is 0 Å². The fourth-order valence-corrected chi connectivity index (χ4v) is 1.70. The van der Waals surface area contributed by atoms with Gasteiger partial charge in [-0.15, -0.1) is 0 Å². The summed E-state index contributed by atoms with van der Waals surface area (Å²) in [5, 5.41) is 7.14. The molecule has 104 valence electrons. The van der Waals surface area contributed by atoms with Crippen molar-refractivity contribution in [2.75, 3.05) is 11.9 Å². The largest absolute Gasteiger partial charge is 0.361 e. The second kappa shape index (κ2) is 7.91. The first-order chi connectivity index (χ1) is 9.02. The van der Waals surface area contributed by atoms with Gasteiger partial charge in [-0.3, -0.25) is 10.9 Å². The lowest BCUT2D eigenvalue weighted by Gasteiger charge is -2.14. The van der Waals surface area contributed by atoms with Gasteiger partial charge in [0, 0.05) is 12.2 Å². The third kappa shape index (κ3) is 5.85. The van der Waals surface area contributed by atoms with Crippen molar-refractivity contribution in [3.8, 4) is 0 Å². The first-order valence-corrected chi connectivity index (χ1v) is 7.02. The van der Waals surface area contributed by atoms with Crippen molar-refractivity contribution in [2.45, 2.75) is 27.2 Å². The highest BCUT2D eigenvalue weighted by atomic mass is 32.1. The smallest absolute Gasteiger partial charge is 0.189 e. The maximum atomic E-state index is 5.17. The molecule has 1 aromatic rings. The molecule has 0 saturated carbocycles. The van der Waals surface area contributed by atoms with Crippen LogP contribution >= 0.6 is 24.4 Å². The molecule has 1 rings (SSSR count). The van der Waals surface area contributed by atoms with Crippen LogP contribution in [0.2, 0.25) is 0 Å². The molecular formula is C13H20N4S2. The molecule has 6 heteroatoms. The lowest BCUT2D eigenvalue weighted by atomic mass is 10.1. The molecule has 0 aromatic heterocycles. The molecule has 0 spiro atoms. The molecule has 4 N–H and O–H groups in total. The van der Waals surface area contributed by atoms with E-state index >= 15 is 0 Å². The van der Waals surface area contributed by atoms with Gasteiger partial charge in [0.2, 0.25) is 0 Å². The summed E-state index contributed by atoms with van der Waals surface area (Å²) in [5.41, 5.74) is 9.10. The monoisotopic (exact) mass is 296 g/mol. The van der Waals surface area contributed by atoms with E-state index in [1.807, 2.05) is 6.07 Å². The number of rotatable bonds is 3. The van der Waals surface area contributed by atoms with Crippen LogP contribution < -0.4 is 21.5 Å². The fraction of sp³-hybridized carbons (Fsp3) is 0.385. The van der Waals surface area contributed by atoms with E-state index in [1.165, 1.54) is 11.1 Å². The molecule has 0 heterocycles. The minimum atomic E-state index is 0.476. The van der Waals surface area contributed by atoms with Gasteiger partial charge in [-0.25, -0.2) is 0 Å². The number of aryl methyl sites for hydroxylation is 2. The zero-order chi connectivity index (χ0) is 14.3. The molecule has 0 atom stereocenters. The predicted molar refractivity (Wildman–Crippen MR) is 89.3 cm³/mol. The van der Waals surface area contributed by atoms with Crippen LogP contribution in [0.1, 0.15) is 24.5 Å². The summed E-state index contributed by atoms with van der Waals surface area (Å²) < 4.78 is 0. The van der Waals surface area contributed by atoms with Crippen molar-refractivity contribution < 1.29 is 0 Å². The lowest BCUT2D eigenvalue weighted by Crippen LogP contribution is -2.48. The number of nitrogens with one attached hydrogen (secondary N) is 4. The average Bonchev–Trinajstić information content (AvgIpc) is 2.38. The van der Waals surface area contributed by atoms with Gasteiger partial charge >= 0.3 is 0 Å². The quantitative estimate of drug-likeness (QED) is 0.507. The van der Waals surface area contributed by atoms with Crippen LogP contribution in [-0.4, -0.2) is 16.8 Å². The van der Waals surface area contributed by atoms with Crippen molar-refractivity contribution >= 4 is 40.3 Å². The van der Waals surface area contributed by atoms with E-state index in [0.717, 1.165) is 18.7 Å². The molecule has 0 saturated heterocycles. The Balaban J connectivity index is 2.38. The molecule has 0 amide bonds. The van der Waals surface area contributed by atoms with E-state index in [9.17, 15) is 0 Å². The van der Waals surface area contributed by atoms with Gasteiger partial charge in [0.1, 0.15) is 0 Å². The Morgan fingerprint density at radius 3 is 2.37 bits per heavy atom. The molecule has 0 bridgehead atoms. The van der Waals surface area contributed by atoms with Gasteiger partial charge in [0.15, 0.2) is 10.2 Å². The van der Waals surface area contributed by atoms with Crippen molar-refractivity contribution in [3.63, 3.8) is 0 Å². The zero-order valence-corrected chi connectivity index (χ0v) is 13.1. The van der Waals surface area contributed by atoms with E-state index in [1.54, 1.807) is 0 Å². The Morgan fingerprint density at radius 2 is 1.74 bits per heavy atom. The fourth-order valence-electron chi connectivity index (χ4n) is 1.38. The second-order valence-corrected chi connectivity index (χ2v) is 5.08. The van der Waals surface area contributed by atoms with Crippen LogP contribution in [0.25, 0.3) is 0 Å². The van der Waals surface area contributed by atoms with Crippen molar-refractivity contribution in [3.05, 3.63) is 29.3 Å². The topological polar surface area (TPSA) is 48.1 Å². The number of anilines is 1. The van der Waals surface area contributed by atoms with Crippen molar-refractivity contribution in [1.82, 2.24) is 16.2 Å². The second-order valence-electron chi connectivity index (χ2n) is 4.26. The lowest BCUT2D eigenvalue weighted by molar-refractivity contribution is 0.784. The molecular weight excluding hydrogens is 276 g/mol. The summed E-state index contributed by atoms with van der Waals surface area (Å²) in [7, 11) is 0. The standard InChI is InChI=1S/C13H20N4S2/c1-4-7-14-12(18)16-17-13(19)15-11-6-5-9(2)10(3)8-11/h5-6,8H,4,7H2,1-3H3,(H2,14,16,18)(H2,15,17,19). The first kappa shape index (κ1) is 15.7. The summed E-state index contributed by atoms with van der Waals surface area (Å²) in [6, 6.07) is 6.10. The maximum Gasteiger partial charge on any atom is 0.189 e. The summed E-state index contributed by atoms with van der Waals surface area (Å²) in [6.07, 6.45) is 1.02. The molecule has 0 radical (unpaired) electrons. The first-order valence-electron chi connectivity index (χ1n) is 6.21. The van der Waals surface area contributed by atoms with Crippen LogP contribution in [0.3, 0.4) is 0 Å². The Hall–Kier alpha value is -1.40. The van der Waals surface area contributed by atoms with Crippen LogP contribution in [0.4, 0.5) is 5.69 Å². The van der Waals surface area contributed by atoms with E-state index in [0.29, 0.717) is 10.2 Å². The molecule has 0 aliphatic heterocycles. The van der Waals surface area contributed by atoms with E-state index in [4.69, 9.17) is 24.4 Å². The molecule has 1 aromatic carbocycles. The van der Waals surface area contributed by atoms with E-state index in [-0.39, 0.29) is 0 Å². The minimum absolute atomic E-state index is 0.476. The van der Waals surface area contributed by atoms with Gasteiger partial charge in [0.05, 0.1) is 0 Å². The molecule has 19 heavy (non-hydrogen) atoms. The molecule has 0 fully saturated rings. The van der Waals surface area contributed by atoms with Gasteiger partial charge < -0.3 is 10.6 Å². The van der Waals surface area contributed by atoms with Gasteiger partial charge in [-0.05, 0) is 68.0 Å². The third-order valence-corrected chi connectivity index (χ3v) is 3.04. The molecule has 0 aliphatic rings. The van der Waals surface area contributed by atoms with Crippen molar-refractivity contribution in [1.29, 1.82) is 0 Å². The summed E-state index contributed by atoms with van der Waals surface area (Å²) in [5.74, 6) is 0. The highest BCUT2D eigenvalue weighted by molar-refractivity contribution is 7.80. The van der Waals surface area contributed by atoms with Crippen LogP contribution in [-0.2, 0) is 0 Å². The number of thiocarbonyl (C=S) groups is 2. The van der Waals surface area contributed by atoms with Gasteiger partial charge in [0.25, 0.3) is 0 Å². The predicted octanol–water partition coefficient (Wildman–Crippen LogP) is 2.38. The minimum Gasteiger partial charge on any atom is -0.361 e. The highest BCUT2D eigenvalue weighted by Gasteiger charge is 2.00. The number of hydrogen-bond donors (Lipinski definition) is 4. The van der Waals surface area contributed by atoms with Gasteiger partial charge in [-0.1, -0.05) is 13.0 Å². The summed E-state index contributed by atoms with van der Waals surface area (Å²) in [6.45, 7) is 7.06. The normalized spacial score (nSPS) is 9.63. The number of benzene rings is 1. The summed E-state index contributed by atoms with van der Waals surface area (Å²) >= 11 is 10.2. The average molecular weight is 296 g/mol.